The van der Waals surface area contributed by atoms with Crippen LogP contribution in [0.25, 0.3) is 0 Å². The first-order valence-electron chi connectivity index (χ1n) is 14.1. The number of halogens is 1. The Morgan fingerprint density at radius 1 is 1.08 bits per heavy atom. The summed E-state index contributed by atoms with van der Waals surface area (Å²) in [5.41, 5.74) is 4.75. The Labute approximate surface area is 237 Å². The summed E-state index contributed by atoms with van der Waals surface area (Å²) in [4.78, 5) is 31.2. The van der Waals surface area contributed by atoms with Crippen molar-refractivity contribution in [3.63, 3.8) is 0 Å². The molecule has 1 unspecified atom stereocenters. The van der Waals surface area contributed by atoms with Crippen LogP contribution in [0, 0.1) is 5.41 Å². The summed E-state index contributed by atoms with van der Waals surface area (Å²) in [7, 11) is 0. The number of hydrogen-bond donors (Lipinski definition) is 1. The first-order valence-corrected chi connectivity index (χ1v) is 14.5. The minimum atomic E-state index is -0.179. The number of hydrogen-bond acceptors (Lipinski definition) is 3. The highest BCUT2D eigenvalue weighted by Crippen LogP contribution is 2.41. The van der Waals surface area contributed by atoms with Gasteiger partial charge in [-0.3, -0.25) is 9.59 Å². The van der Waals surface area contributed by atoms with Crippen LogP contribution in [0.1, 0.15) is 76.9 Å². The molecule has 2 atom stereocenters. The van der Waals surface area contributed by atoms with Gasteiger partial charge in [-0.25, -0.2) is 0 Å². The zero-order valence-corrected chi connectivity index (χ0v) is 23.6. The van der Waals surface area contributed by atoms with Crippen LogP contribution in [-0.4, -0.2) is 47.8 Å². The van der Waals surface area contributed by atoms with E-state index in [1.54, 1.807) is 12.1 Å². The third-order valence-electron chi connectivity index (χ3n) is 8.51. The fourth-order valence-corrected chi connectivity index (χ4v) is 6.80. The number of carbonyl (C=O) groups is 2. The molecule has 0 saturated carbocycles. The Balaban J connectivity index is 1.31. The van der Waals surface area contributed by atoms with Crippen molar-refractivity contribution in [2.24, 2.45) is 5.41 Å². The second-order valence-electron chi connectivity index (χ2n) is 11.1. The number of allylic oxidation sites excluding steroid dienone is 4. The number of fused-ring (bicyclic) bond motifs is 1. The molecule has 2 amide bonds. The van der Waals surface area contributed by atoms with E-state index in [0.717, 1.165) is 70.3 Å². The molecule has 2 saturated heterocycles. The van der Waals surface area contributed by atoms with Crippen molar-refractivity contribution in [3.05, 3.63) is 106 Å². The predicted octanol–water partition coefficient (Wildman–Crippen LogP) is 6.72. The Hall–Kier alpha value is -3.31. The number of rotatable bonds is 6. The molecule has 1 aliphatic carbocycles. The van der Waals surface area contributed by atoms with Gasteiger partial charge in [-0.05, 0) is 93.0 Å². The van der Waals surface area contributed by atoms with Gasteiger partial charge in [0.2, 0.25) is 0 Å². The highest BCUT2D eigenvalue weighted by atomic mass is 35.5. The fraction of sp³-hybridized carbons (Fsp3) is 0.394. The molecule has 2 aliphatic heterocycles. The second-order valence-corrected chi connectivity index (χ2v) is 11.5. The largest absolute Gasteiger partial charge is 0.371 e. The molecule has 1 N–H and O–H groups in total. The van der Waals surface area contributed by atoms with Gasteiger partial charge in [0.25, 0.3) is 11.8 Å². The number of aryl methyl sites for hydroxylation is 1. The molecule has 3 aliphatic rings. The lowest BCUT2D eigenvalue weighted by molar-refractivity contribution is 0.0730. The lowest BCUT2D eigenvalue weighted by atomic mass is 9.79. The second kappa shape index (κ2) is 11.8. The number of piperidine rings is 1. The lowest BCUT2D eigenvalue weighted by Crippen LogP contribution is -2.44. The highest BCUT2D eigenvalue weighted by Gasteiger charge is 2.43. The van der Waals surface area contributed by atoms with Crippen LogP contribution in [0.2, 0.25) is 5.02 Å². The number of nitrogens with zero attached hydrogens (tertiary/aromatic N) is 2. The van der Waals surface area contributed by atoms with E-state index in [0.29, 0.717) is 16.1 Å². The van der Waals surface area contributed by atoms with Crippen LogP contribution in [0.4, 0.5) is 0 Å². The molecule has 2 aromatic rings. The van der Waals surface area contributed by atoms with E-state index in [9.17, 15) is 9.59 Å². The van der Waals surface area contributed by atoms with Gasteiger partial charge in [-0.15, -0.1) is 0 Å². The smallest absolute Gasteiger partial charge is 0.253 e. The molecule has 2 fully saturated rings. The molecule has 5 nitrogen and oxygen atoms in total. The molecule has 0 radical (unpaired) electrons. The summed E-state index contributed by atoms with van der Waals surface area (Å²) in [6, 6.07) is 13.0. The van der Waals surface area contributed by atoms with Gasteiger partial charge >= 0.3 is 0 Å². The van der Waals surface area contributed by atoms with Crippen molar-refractivity contribution < 1.29 is 9.59 Å². The third-order valence-corrected chi connectivity index (χ3v) is 8.84. The molecule has 0 bridgehead atoms. The molecule has 204 valence electrons. The van der Waals surface area contributed by atoms with Gasteiger partial charge in [-0.1, -0.05) is 48.5 Å². The standard InChI is InChI=1S/C33H38ClN3O2/c1-3-9-26(10-4-2)36-19-8-17-33(22-36)18-20-37(23-33)32(39)25-16-15-24-11-7-14-30(28(24)21-25)35-31(38)27-12-5-6-13-29(27)34/h3-6,9-10,12-13,15-16,21,30H,1,7-8,11,14,17-20,22-23H2,2H3,(H,35,38)/b10-4-,26-9+/t30-,33?/m1/s1. The summed E-state index contributed by atoms with van der Waals surface area (Å²) < 4.78 is 0. The zero-order valence-electron chi connectivity index (χ0n) is 22.8. The average Bonchev–Trinajstić information content (AvgIpc) is 3.35. The molecule has 1 spiro atoms. The van der Waals surface area contributed by atoms with Crippen molar-refractivity contribution in [3.8, 4) is 0 Å². The molecule has 39 heavy (non-hydrogen) atoms. The molecular formula is C33H38ClN3O2. The summed E-state index contributed by atoms with van der Waals surface area (Å²) in [6.07, 6.45) is 14.2. The number of benzene rings is 2. The van der Waals surface area contributed by atoms with Gasteiger partial charge in [0.15, 0.2) is 0 Å². The molecular weight excluding hydrogens is 506 g/mol. The summed E-state index contributed by atoms with van der Waals surface area (Å²) >= 11 is 6.27. The zero-order chi connectivity index (χ0) is 27.4. The first-order chi connectivity index (χ1) is 18.9. The highest BCUT2D eigenvalue weighted by molar-refractivity contribution is 6.33. The van der Waals surface area contributed by atoms with Crippen LogP contribution in [0.3, 0.4) is 0 Å². The van der Waals surface area contributed by atoms with E-state index in [-0.39, 0.29) is 23.3 Å². The van der Waals surface area contributed by atoms with E-state index >= 15 is 0 Å². The lowest BCUT2D eigenvalue weighted by Gasteiger charge is -2.42. The number of amides is 2. The SMILES string of the molecule is C=C/C=C(\C=C/C)N1CCCC2(CCN(C(=O)c3ccc4c(c3)[C@H](NC(=O)c3ccccc3Cl)CCC4)C2)C1. The normalized spacial score (nSPS) is 23.2. The Morgan fingerprint density at radius 2 is 1.90 bits per heavy atom. The Morgan fingerprint density at radius 3 is 2.69 bits per heavy atom. The molecule has 0 aromatic heterocycles. The topological polar surface area (TPSA) is 52.6 Å². The Kier molecular flexibility index (Phi) is 8.27. The Bertz CT molecular complexity index is 1320. The molecule has 5 rings (SSSR count). The first kappa shape index (κ1) is 27.3. The van der Waals surface area contributed by atoms with Crippen molar-refractivity contribution >= 4 is 23.4 Å². The van der Waals surface area contributed by atoms with Crippen molar-refractivity contribution in [1.29, 1.82) is 0 Å². The van der Waals surface area contributed by atoms with E-state index in [1.165, 1.54) is 11.3 Å². The maximum Gasteiger partial charge on any atom is 0.253 e. The number of nitrogens with one attached hydrogen (secondary N) is 1. The maximum absolute atomic E-state index is 13.7. The fourth-order valence-electron chi connectivity index (χ4n) is 6.57. The minimum Gasteiger partial charge on any atom is -0.371 e. The van der Waals surface area contributed by atoms with E-state index in [1.807, 2.05) is 42.2 Å². The summed E-state index contributed by atoms with van der Waals surface area (Å²) in [5.74, 6) is -0.0924. The quantitative estimate of drug-likeness (QED) is 0.411. The van der Waals surface area contributed by atoms with Crippen LogP contribution in [0.5, 0.6) is 0 Å². The van der Waals surface area contributed by atoms with E-state index < -0.39 is 0 Å². The van der Waals surface area contributed by atoms with Gasteiger partial charge in [0.1, 0.15) is 0 Å². The van der Waals surface area contributed by atoms with Gasteiger partial charge in [0, 0.05) is 42.9 Å². The average molecular weight is 544 g/mol. The monoisotopic (exact) mass is 543 g/mol. The van der Waals surface area contributed by atoms with Crippen molar-refractivity contribution in [1.82, 2.24) is 15.1 Å². The van der Waals surface area contributed by atoms with Gasteiger partial charge < -0.3 is 15.1 Å². The van der Waals surface area contributed by atoms with Crippen molar-refractivity contribution in [2.45, 2.75) is 51.5 Å². The number of likely N-dealkylation sites (tertiary alicyclic amines) is 2. The van der Waals surface area contributed by atoms with Crippen LogP contribution in [0.15, 0.2) is 79.0 Å². The molecule has 2 aromatic carbocycles. The van der Waals surface area contributed by atoms with E-state index in [2.05, 4.69) is 41.1 Å². The maximum atomic E-state index is 13.7. The minimum absolute atomic E-state index is 0.0869. The van der Waals surface area contributed by atoms with E-state index in [4.69, 9.17) is 11.6 Å². The van der Waals surface area contributed by atoms with Crippen LogP contribution in [-0.2, 0) is 6.42 Å². The molecule has 6 heteroatoms. The van der Waals surface area contributed by atoms with Gasteiger partial charge in [-0.2, -0.15) is 0 Å². The van der Waals surface area contributed by atoms with Crippen LogP contribution < -0.4 is 5.32 Å². The van der Waals surface area contributed by atoms with Crippen LogP contribution >= 0.6 is 11.6 Å². The number of carbonyl (C=O) groups excluding carboxylic acids is 2. The van der Waals surface area contributed by atoms with Gasteiger partial charge in [0.05, 0.1) is 16.6 Å². The van der Waals surface area contributed by atoms with Crippen molar-refractivity contribution in [2.75, 3.05) is 26.2 Å². The summed E-state index contributed by atoms with van der Waals surface area (Å²) in [6.45, 7) is 9.48. The molecule has 2 heterocycles. The predicted molar refractivity (Wildman–Crippen MR) is 158 cm³/mol. The summed E-state index contributed by atoms with van der Waals surface area (Å²) in [5, 5.41) is 3.62. The third kappa shape index (κ3) is 5.84.